The molecule has 1 aliphatic rings. The summed E-state index contributed by atoms with van der Waals surface area (Å²) >= 11 is 3.33. The number of halogens is 6. The van der Waals surface area contributed by atoms with Gasteiger partial charge in [0.15, 0.2) is 0 Å². The number of pyridine rings is 1. The zero-order valence-corrected chi connectivity index (χ0v) is 15.0. The van der Waals surface area contributed by atoms with Crippen LogP contribution in [0.1, 0.15) is 24.4 Å². The van der Waals surface area contributed by atoms with Crippen LogP contribution in [0.3, 0.4) is 0 Å². The monoisotopic (exact) mass is 423 g/mol. The van der Waals surface area contributed by atoms with Crippen LogP contribution in [0.25, 0.3) is 0 Å². The van der Waals surface area contributed by atoms with Gasteiger partial charge < -0.3 is 5.32 Å². The Bertz CT molecular complexity index is 443. The molecule has 1 saturated heterocycles. The zero-order chi connectivity index (χ0) is 14.6. The van der Waals surface area contributed by atoms with Gasteiger partial charge in [-0.05, 0) is 34.0 Å². The molecule has 2 heterocycles. The molecule has 1 aliphatic heterocycles. The van der Waals surface area contributed by atoms with E-state index in [9.17, 15) is 13.2 Å². The van der Waals surface area contributed by atoms with Crippen LogP contribution in [-0.4, -0.2) is 42.2 Å². The van der Waals surface area contributed by atoms with Crippen molar-refractivity contribution < 1.29 is 13.2 Å². The summed E-state index contributed by atoms with van der Waals surface area (Å²) in [6.45, 7) is 3.14. The quantitative estimate of drug-likeness (QED) is 0.792. The van der Waals surface area contributed by atoms with Crippen LogP contribution in [-0.2, 0) is 0 Å². The van der Waals surface area contributed by atoms with Gasteiger partial charge in [-0.3, -0.25) is 9.88 Å². The smallest absolute Gasteiger partial charge is 0.314 e. The first kappa shape index (κ1) is 21.9. The standard InChI is InChI=1S/C13H17BrF3N3.2ClH/c14-11-7-10(8-19-9-11)12(1-2-13(15,16)17)20-5-3-18-4-6-20;;/h7-9,12,18H,1-6H2;2*1H/t12-;;/m0../s1. The Hall–Kier alpha value is -0.0800. The molecule has 3 nitrogen and oxygen atoms in total. The molecule has 9 heteroatoms. The van der Waals surface area contributed by atoms with E-state index in [2.05, 4.69) is 31.1 Å². The normalized spacial score (nSPS) is 17.3. The van der Waals surface area contributed by atoms with Crippen molar-refractivity contribution in [2.24, 2.45) is 0 Å². The fraction of sp³-hybridized carbons (Fsp3) is 0.615. The largest absolute Gasteiger partial charge is 0.389 e. The lowest BCUT2D eigenvalue weighted by molar-refractivity contribution is -0.138. The number of alkyl halides is 3. The SMILES string of the molecule is Cl.Cl.FC(F)(F)CC[C@@H](c1cncc(Br)c1)N1CCNCC1. The average molecular weight is 425 g/mol. The number of piperazine rings is 1. The van der Waals surface area contributed by atoms with E-state index in [1.54, 1.807) is 12.4 Å². The molecular formula is C13H19BrCl2F3N3. The Balaban J connectivity index is 0.00000220. The molecule has 2 rings (SSSR count). The van der Waals surface area contributed by atoms with Crippen LogP contribution < -0.4 is 5.32 Å². The van der Waals surface area contributed by atoms with E-state index >= 15 is 0 Å². The maximum Gasteiger partial charge on any atom is 0.389 e. The fourth-order valence-electron chi connectivity index (χ4n) is 2.46. The summed E-state index contributed by atoms with van der Waals surface area (Å²) in [6, 6.07) is 1.62. The summed E-state index contributed by atoms with van der Waals surface area (Å²) in [4.78, 5) is 6.18. The summed E-state index contributed by atoms with van der Waals surface area (Å²) in [5, 5.41) is 3.22. The molecule has 0 radical (unpaired) electrons. The lowest BCUT2D eigenvalue weighted by Crippen LogP contribution is -2.45. The molecule has 0 aliphatic carbocycles. The van der Waals surface area contributed by atoms with Crippen molar-refractivity contribution in [1.29, 1.82) is 0 Å². The number of nitrogens with one attached hydrogen (secondary N) is 1. The Labute approximate surface area is 149 Å². The lowest BCUT2D eigenvalue weighted by Gasteiger charge is -2.35. The Morgan fingerprint density at radius 1 is 1.23 bits per heavy atom. The third kappa shape index (κ3) is 7.00. The van der Waals surface area contributed by atoms with Gasteiger partial charge in [0.1, 0.15) is 0 Å². The second-order valence-corrected chi connectivity index (χ2v) is 5.81. The maximum atomic E-state index is 12.5. The van der Waals surface area contributed by atoms with Gasteiger partial charge in [0.2, 0.25) is 0 Å². The van der Waals surface area contributed by atoms with Crippen molar-refractivity contribution in [3.8, 4) is 0 Å². The van der Waals surface area contributed by atoms with Gasteiger partial charge in [0.25, 0.3) is 0 Å². The van der Waals surface area contributed by atoms with Crippen molar-refractivity contribution in [2.45, 2.75) is 25.1 Å². The van der Waals surface area contributed by atoms with E-state index in [-0.39, 0.29) is 37.3 Å². The topological polar surface area (TPSA) is 28.2 Å². The van der Waals surface area contributed by atoms with Gasteiger partial charge in [-0.1, -0.05) is 0 Å². The molecule has 1 atom stereocenters. The first-order valence-electron chi connectivity index (χ1n) is 6.58. The molecule has 128 valence electrons. The molecule has 0 amide bonds. The second kappa shape index (κ2) is 9.93. The van der Waals surface area contributed by atoms with Crippen molar-refractivity contribution in [2.75, 3.05) is 26.2 Å². The van der Waals surface area contributed by atoms with Crippen LogP contribution in [0.5, 0.6) is 0 Å². The van der Waals surface area contributed by atoms with Gasteiger partial charge in [-0.15, -0.1) is 24.8 Å². The summed E-state index contributed by atoms with van der Waals surface area (Å²) in [6.07, 6.45) is -1.52. The number of hydrogen-bond donors (Lipinski definition) is 1. The highest BCUT2D eigenvalue weighted by atomic mass is 79.9. The summed E-state index contributed by atoms with van der Waals surface area (Å²) in [7, 11) is 0. The van der Waals surface area contributed by atoms with Gasteiger partial charge >= 0.3 is 6.18 Å². The highest BCUT2D eigenvalue weighted by Gasteiger charge is 2.31. The van der Waals surface area contributed by atoms with E-state index in [1.165, 1.54) is 0 Å². The maximum absolute atomic E-state index is 12.5. The Morgan fingerprint density at radius 3 is 2.41 bits per heavy atom. The van der Waals surface area contributed by atoms with Crippen molar-refractivity contribution >= 4 is 40.7 Å². The van der Waals surface area contributed by atoms with E-state index < -0.39 is 12.6 Å². The Kier molecular flexibility index (Phi) is 9.89. The second-order valence-electron chi connectivity index (χ2n) is 4.89. The molecule has 1 aromatic heterocycles. The van der Waals surface area contributed by atoms with E-state index in [0.717, 1.165) is 36.2 Å². The average Bonchev–Trinajstić information content (AvgIpc) is 2.39. The van der Waals surface area contributed by atoms with Crippen LogP contribution in [0, 0.1) is 0 Å². The van der Waals surface area contributed by atoms with Gasteiger partial charge in [-0.2, -0.15) is 13.2 Å². The van der Waals surface area contributed by atoms with Crippen molar-refractivity contribution in [1.82, 2.24) is 15.2 Å². The molecule has 0 saturated carbocycles. The summed E-state index contributed by atoms with van der Waals surface area (Å²) in [5.74, 6) is 0. The number of nitrogens with zero attached hydrogens (tertiary/aromatic N) is 2. The van der Waals surface area contributed by atoms with Gasteiger partial charge in [0.05, 0.1) is 0 Å². The molecule has 0 spiro atoms. The summed E-state index contributed by atoms with van der Waals surface area (Å²) in [5.41, 5.74) is 0.838. The molecule has 0 unspecified atom stereocenters. The molecule has 22 heavy (non-hydrogen) atoms. The molecule has 1 aromatic rings. The number of rotatable bonds is 4. The molecular weight excluding hydrogens is 406 g/mol. The molecule has 1 N–H and O–H groups in total. The zero-order valence-electron chi connectivity index (χ0n) is 11.8. The third-order valence-corrected chi connectivity index (χ3v) is 3.84. The van der Waals surface area contributed by atoms with Crippen molar-refractivity contribution in [3.63, 3.8) is 0 Å². The molecule has 1 fully saturated rings. The van der Waals surface area contributed by atoms with Crippen LogP contribution in [0.15, 0.2) is 22.9 Å². The highest BCUT2D eigenvalue weighted by Crippen LogP contribution is 2.32. The fourth-order valence-corrected chi connectivity index (χ4v) is 2.85. The van der Waals surface area contributed by atoms with Gasteiger partial charge in [0, 0.05) is 55.5 Å². The molecule has 0 bridgehead atoms. The minimum Gasteiger partial charge on any atom is -0.314 e. The number of hydrogen-bond acceptors (Lipinski definition) is 3. The minimum absolute atomic E-state index is 0. The Morgan fingerprint density at radius 2 is 1.86 bits per heavy atom. The first-order chi connectivity index (χ1) is 9.46. The first-order valence-corrected chi connectivity index (χ1v) is 7.37. The number of aromatic nitrogens is 1. The van der Waals surface area contributed by atoms with Crippen LogP contribution >= 0.6 is 40.7 Å². The van der Waals surface area contributed by atoms with Crippen LogP contribution in [0.2, 0.25) is 0 Å². The van der Waals surface area contributed by atoms with E-state index in [0.29, 0.717) is 0 Å². The lowest BCUT2D eigenvalue weighted by atomic mass is 10.0. The highest BCUT2D eigenvalue weighted by molar-refractivity contribution is 9.10. The molecule has 0 aromatic carbocycles. The predicted molar refractivity (Wildman–Crippen MR) is 88.9 cm³/mol. The summed E-state index contributed by atoms with van der Waals surface area (Å²) < 4.78 is 38.4. The van der Waals surface area contributed by atoms with Gasteiger partial charge in [-0.25, -0.2) is 0 Å². The van der Waals surface area contributed by atoms with Crippen molar-refractivity contribution in [3.05, 3.63) is 28.5 Å². The third-order valence-electron chi connectivity index (χ3n) is 3.40. The van der Waals surface area contributed by atoms with E-state index in [1.807, 2.05) is 6.07 Å². The van der Waals surface area contributed by atoms with E-state index in [4.69, 9.17) is 0 Å². The van der Waals surface area contributed by atoms with Crippen LogP contribution in [0.4, 0.5) is 13.2 Å². The minimum atomic E-state index is -4.12. The predicted octanol–water partition coefficient (Wildman–Crippen LogP) is 3.98.